The molecule has 2 aromatic heterocycles. The van der Waals surface area contributed by atoms with Gasteiger partial charge in [0.25, 0.3) is 5.56 Å². The zero-order chi connectivity index (χ0) is 43.2. The monoisotopic (exact) mass is 815 g/mol. The lowest BCUT2D eigenvalue weighted by Crippen LogP contribution is -2.66. The first-order valence-corrected chi connectivity index (χ1v) is 22.2. The molecule has 2 heterocycles. The SMILES string of the molecule is COc1ccc(-n2c(=O)cc([C@@]34CC[C@]5(C)[C@H](CC[C@@H]6[C@@]7(C)CC[C@H](OC(=O)CC(C)(C)C(=O)O)C(C)(C)[C@@H]7CC[C@]65C)C3=C(C(C)C)C(=O)C4)n2CCN(C)C)cn1. The van der Waals surface area contributed by atoms with Gasteiger partial charge in [0.2, 0.25) is 5.88 Å². The number of hydrogen-bond acceptors (Lipinski definition) is 8. The van der Waals surface area contributed by atoms with Crippen LogP contribution in [0.3, 0.4) is 0 Å². The standard InChI is InChI=1S/C48H70N4O7/c1-29(2)40-32(53)26-48(35-25-38(54)52(51(35)24-23-50(10)11)30-13-16-37(58-12)49-28-30)22-21-46(8)31(41(40)48)14-15-34-45(7)19-18-36(59-39(55)27-43(3,4)42(56)57)44(5,6)33(45)17-20-47(34,46)9/h13,16,25,28-29,31,33-34,36H,14-15,17-24,26-27H2,1-12H3,(H,56,57)/t31-,33+,34-,36+,45+,46-,47-,48+/m1/s1. The number of aromatic nitrogens is 3. The molecule has 11 heteroatoms. The predicted octanol–water partition coefficient (Wildman–Crippen LogP) is 8.25. The highest BCUT2D eigenvalue weighted by molar-refractivity contribution is 6.01. The second kappa shape index (κ2) is 14.7. The Hall–Kier alpha value is -3.73. The lowest BCUT2D eigenvalue weighted by Gasteiger charge is -2.72. The number of esters is 1. The number of pyridine rings is 1. The van der Waals surface area contributed by atoms with Gasteiger partial charge in [-0.25, -0.2) is 9.67 Å². The van der Waals surface area contributed by atoms with Crippen molar-refractivity contribution in [3.05, 3.63) is 51.6 Å². The van der Waals surface area contributed by atoms with Crippen molar-refractivity contribution in [1.29, 1.82) is 0 Å². The Morgan fingerprint density at radius 2 is 1.68 bits per heavy atom. The molecule has 4 saturated carbocycles. The summed E-state index contributed by atoms with van der Waals surface area (Å²) in [4.78, 5) is 60.5. The summed E-state index contributed by atoms with van der Waals surface area (Å²) in [6, 6.07) is 5.50. The van der Waals surface area contributed by atoms with Crippen molar-refractivity contribution >= 4 is 17.7 Å². The highest BCUT2D eigenvalue weighted by Gasteiger charge is 2.70. The lowest BCUT2D eigenvalue weighted by atomic mass is 9.33. The molecule has 0 bridgehead atoms. The highest BCUT2D eigenvalue weighted by Crippen LogP contribution is 2.77. The van der Waals surface area contributed by atoms with Gasteiger partial charge in [0.1, 0.15) is 6.10 Å². The second-order valence-corrected chi connectivity index (χ2v) is 21.6. The molecule has 5 aliphatic carbocycles. The number of carbonyl (C=O) groups is 3. The third-order valence-corrected chi connectivity index (χ3v) is 17.2. The van der Waals surface area contributed by atoms with Gasteiger partial charge in [0, 0.05) is 35.9 Å². The first kappa shape index (κ1) is 43.4. The minimum Gasteiger partial charge on any atom is -0.481 e. The molecule has 7 rings (SSSR count). The van der Waals surface area contributed by atoms with Gasteiger partial charge in [0.15, 0.2) is 5.78 Å². The van der Waals surface area contributed by atoms with Crippen LogP contribution in [0.25, 0.3) is 5.69 Å². The molecule has 11 nitrogen and oxygen atoms in total. The highest BCUT2D eigenvalue weighted by atomic mass is 16.5. The van der Waals surface area contributed by atoms with E-state index >= 15 is 0 Å². The Balaban J connectivity index is 1.27. The summed E-state index contributed by atoms with van der Waals surface area (Å²) in [5.41, 5.74) is 1.74. The molecule has 1 N–H and O–H groups in total. The number of carboxylic acids is 1. The van der Waals surface area contributed by atoms with Crippen molar-refractivity contribution in [3.63, 3.8) is 0 Å². The summed E-state index contributed by atoms with van der Waals surface area (Å²) in [6.07, 6.45) is 9.30. The zero-order valence-electron chi connectivity index (χ0n) is 37.9. The van der Waals surface area contributed by atoms with Gasteiger partial charge in [0.05, 0.1) is 43.1 Å². The Morgan fingerprint density at radius 3 is 2.29 bits per heavy atom. The minimum atomic E-state index is -1.18. The normalized spacial score (nSPS) is 34.0. The lowest BCUT2D eigenvalue weighted by molar-refractivity contribution is -0.232. The van der Waals surface area contributed by atoms with Gasteiger partial charge in [-0.2, -0.15) is 0 Å². The van der Waals surface area contributed by atoms with Crippen molar-refractivity contribution in [2.24, 2.45) is 50.7 Å². The first-order valence-electron chi connectivity index (χ1n) is 22.2. The number of Topliss-reactive ketones (excluding diaryl/α,β-unsaturated/α-hetero) is 1. The van der Waals surface area contributed by atoms with Gasteiger partial charge >= 0.3 is 11.9 Å². The van der Waals surface area contributed by atoms with E-state index < -0.39 is 22.8 Å². The maximum atomic E-state index is 14.6. The molecule has 0 amide bonds. The third kappa shape index (κ3) is 6.57. The predicted molar refractivity (Wildman–Crippen MR) is 228 cm³/mol. The fourth-order valence-corrected chi connectivity index (χ4v) is 14.0. The van der Waals surface area contributed by atoms with Crippen LogP contribution in [0.4, 0.5) is 0 Å². The van der Waals surface area contributed by atoms with E-state index in [0.717, 1.165) is 69.2 Å². The molecule has 2 aromatic rings. The van der Waals surface area contributed by atoms with Crippen LogP contribution in [-0.2, 0) is 31.1 Å². The number of carbonyl (C=O) groups excluding carboxylic acids is 2. The van der Waals surface area contributed by atoms with Crippen LogP contribution in [0.1, 0.15) is 132 Å². The Bertz CT molecular complexity index is 2090. The van der Waals surface area contributed by atoms with Crippen LogP contribution < -0.4 is 10.3 Å². The number of rotatable bonds is 11. The van der Waals surface area contributed by atoms with E-state index in [9.17, 15) is 24.3 Å². The number of ether oxygens (including phenoxy) is 2. The molecule has 0 aliphatic heterocycles. The van der Waals surface area contributed by atoms with Crippen LogP contribution >= 0.6 is 0 Å². The van der Waals surface area contributed by atoms with Gasteiger partial charge in [-0.1, -0.05) is 48.5 Å². The summed E-state index contributed by atoms with van der Waals surface area (Å²) in [7, 11) is 5.67. The average Bonchev–Trinajstić information content (AvgIpc) is 3.65. The Labute approximate surface area is 351 Å². The molecule has 59 heavy (non-hydrogen) atoms. The molecule has 0 radical (unpaired) electrons. The second-order valence-electron chi connectivity index (χ2n) is 21.6. The van der Waals surface area contributed by atoms with Crippen LogP contribution in [0.2, 0.25) is 0 Å². The largest absolute Gasteiger partial charge is 0.481 e. The molecular formula is C48H70N4O7. The topological polar surface area (TPSA) is 133 Å². The molecule has 4 fully saturated rings. The fourth-order valence-electron chi connectivity index (χ4n) is 14.0. The van der Waals surface area contributed by atoms with Gasteiger partial charge in [-0.15, -0.1) is 0 Å². The zero-order valence-corrected chi connectivity index (χ0v) is 37.9. The van der Waals surface area contributed by atoms with E-state index in [4.69, 9.17) is 9.47 Å². The molecule has 0 saturated heterocycles. The van der Waals surface area contributed by atoms with E-state index in [1.54, 1.807) is 37.9 Å². The smallest absolute Gasteiger partial charge is 0.309 e. The number of likely N-dealkylation sites (N-methyl/N-ethyl adjacent to an activating group) is 1. The van der Waals surface area contributed by atoms with Crippen LogP contribution in [0.5, 0.6) is 5.88 Å². The Kier molecular flexibility index (Phi) is 10.8. The quantitative estimate of drug-likeness (QED) is 0.223. The number of hydrogen-bond donors (Lipinski definition) is 1. The summed E-state index contributed by atoms with van der Waals surface area (Å²) in [6.45, 7) is 21.0. The van der Waals surface area contributed by atoms with Crippen molar-refractivity contribution in [2.75, 3.05) is 27.7 Å². The van der Waals surface area contributed by atoms with Crippen molar-refractivity contribution < 1.29 is 29.0 Å². The van der Waals surface area contributed by atoms with Gasteiger partial charge < -0.3 is 19.5 Å². The molecule has 324 valence electrons. The van der Waals surface area contributed by atoms with Crippen LogP contribution in [0, 0.1) is 50.7 Å². The van der Waals surface area contributed by atoms with Crippen LogP contribution in [0.15, 0.2) is 40.3 Å². The number of methoxy groups -OCH3 is 1. The van der Waals surface area contributed by atoms with Crippen molar-refractivity contribution in [1.82, 2.24) is 19.2 Å². The molecule has 5 aliphatic rings. The van der Waals surface area contributed by atoms with E-state index in [-0.39, 0.29) is 57.4 Å². The van der Waals surface area contributed by atoms with Gasteiger partial charge in [-0.3, -0.25) is 23.9 Å². The number of fused-ring (bicyclic) bond motifs is 7. The molecule has 0 unspecified atom stereocenters. The van der Waals surface area contributed by atoms with E-state index in [1.807, 2.05) is 26.2 Å². The number of aliphatic carboxylic acids is 1. The number of ketones is 1. The van der Waals surface area contributed by atoms with Crippen molar-refractivity contribution in [3.8, 4) is 11.6 Å². The summed E-state index contributed by atoms with van der Waals surface area (Å²) in [5, 5.41) is 9.67. The summed E-state index contributed by atoms with van der Waals surface area (Å²) in [5.74, 6) is 0.343. The first-order chi connectivity index (χ1) is 27.5. The van der Waals surface area contributed by atoms with Gasteiger partial charge in [-0.05, 0) is 136 Å². The number of allylic oxidation sites excluding steroid dienone is 2. The maximum Gasteiger partial charge on any atom is 0.309 e. The molecule has 0 aromatic carbocycles. The summed E-state index contributed by atoms with van der Waals surface area (Å²) < 4.78 is 15.5. The van der Waals surface area contributed by atoms with E-state index in [2.05, 4.69) is 63.0 Å². The average molecular weight is 815 g/mol. The molecular weight excluding hydrogens is 745 g/mol. The minimum absolute atomic E-state index is 0.00441. The Morgan fingerprint density at radius 1 is 0.966 bits per heavy atom. The number of carboxylic acid groups (broad SMARTS) is 1. The number of nitrogens with zero attached hydrogens (tertiary/aromatic N) is 4. The fraction of sp³-hybridized carbons (Fsp3) is 0.729. The third-order valence-electron chi connectivity index (χ3n) is 17.2. The van der Waals surface area contributed by atoms with Crippen LogP contribution in [-0.4, -0.2) is 75.9 Å². The van der Waals surface area contributed by atoms with E-state index in [0.29, 0.717) is 36.4 Å². The maximum absolute atomic E-state index is 14.6. The van der Waals surface area contributed by atoms with E-state index in [1.165, 1.54) is 5.57 Å². The van der Waals surface area contributed by atoms with Crippen molar-refractivity contribution in [2.45, 2.75) is 145 Å². The summed E-state index contributed by atoms with van der Waals surface area (Å²) >= 11 is 0. The molecule has 0 spiro atoms. The molecule has 8 atom stereocenters.